The Balaban J connectivity index is 1.73. The second kappa shape index (κ2) is 8.51. The maximum atomic E-state index is 4.39. The van der Waals surface area contributed by atoms with Gasteiger partial charge < -0.3 is 10.6 Å². The maximum absolute atomic E-state index is 4.39. The van der Waals surface area contributed by atoms with Gasteiger partial charge in [0.05, 0.1) is 10.3 Å². The summed E-state index contributed by atoms with van der Waals surface area (Å²) in [4.78, 5) is 11.3. The summed E-state index contributed by atoms with van der Waals surface area (Å²) < 4.78 is 1.18. The second-order valence-corrected chi connectivity index (χ2v) is 8.13. The highest BCUT2D eigenvalue weighted by Gasteiger charge is 2.03. The zero-order valence-corrected chi connectivity index (χ0v) is 15.4. The predicted molar refractivity (Wildman–Crippen MR) is 95.4 cm³/mol. The molecule has 0 atom stereocenters. The molecule has 114 valence electrons. The van der Waals surface area contributed by atoms with Crippen molar-refractivity contribution < 1.29 is 0 Å². The molecule has 2 rings (SSSR count). The molecule has 0 unspecified atom stereocenters. The molecule has 0 aliphatic rings. The first-order valence-corrected chi connectivity index (χ1v) is 9.26. The Morgan fingerprint density at radius 3 is 2.76 bits per heavy atom. The van der Waals surface area contributed by atoms with Crippen molar-refractivity contribution >= 4 is 44.6 Å². The van der Waals surface area contributed by atoms with Gasteiger partial charge in [0, 0.05) is 29.5 Å². The van der Waals surface area contributed by atoms with E-state index in [0.29, 0.717) is 0 Å². The minimum atomic E-state index is 0.717. The predicted octanol–water partition coefficient (Wildman–Crippen LogP) is 3.44. The van der Waals surface area contributed by atoms with Crippen LogP contribution in [0.5, 0.6) is 0 Å². The fourth-order valence-electron chi connectivity index (χ4n) is 1.76. The first-order chi connectivity index (χ1) is 10.2. The van der Waals surface area contributed by atoms with Gasteiger partial charge >= 0.3 is 0 Å². The molecule has 2 aromatic heterocycles. The molecule has 0 saturated heterocycles. The number of hydrogen-bond donors (Lipinski definition) is 2. The van der Waals surface area contributed by atoms with Crippen molar-refractivity contribution in [3.63, 3.8) is 0 Å². The Morgan fingerprint density at radius 2 is 2.14 bits per heavy atom. The van der Waals surface area contributed by atoms with E-state index in [4.69, 9.17) is 0 Å². The first-order valence-electron chi connectivity index (χ1n) is 6.83. The monoisotopic (exact) mass is 386 g/mol. The van der Waals surface area contributed by atoms with E-state index < -0.39 is 0 Å². The van der Waals surface area contributed by atoms with Gasteiger partial charge in [0.2, 0.25) is 0 Å². The Kier molecular flexibility index (Phi) is 6.66. The van der Waals surface area contributed by atoms with Crippen LogP contribution in [0.1, 0.15) is 21.7 Å². The molecule has 21 heavy (non-hydrogen) atoms. The first kappa shape index (κ1) is 16.5. The Bertz CT molecular complexity index is 591. The highest BCUT2D eigenvalue weighted by Crippen LogP contribution is 2.22. The summed E-state index contributed by atoms with van der Waals surface area (Å²) in [7, 11) is 1.79. The van der Waals surface area contributed by atoms with Gasteiger partial charge in [0.25, 0.3) is 0 Å². The van der Waals surface area contributed by atoms with E-state index >= 15 is 0 Å². The summed E-state index contributed by atoms with van der Waals surface area (Å²) >= 11 is 7.00. The molecule has 0 aliphatic heterocycles. The molecule has 0 saturated carbocycles. The van der Waals surface area contributed by atoms with Gasteiger partial charge in [-0.1, -0.05) is 6.92 Å². The molecular weight excluding hydrogens is 368 g/mol. The SMILES string of the molecule is CCc1cnc(CNC(=NC)NCCc2ccc(Br)s2)s1. The number of thiazole rings is 1. The van der Waals surface area contributed by atoms with Crippen LogP contribution in [0, 0.1) is 0 Å². The topological polar surface area (TPSA) is 49.3 Å². The van der Waals surface area contributed by atoms with Crippen LogP contribution in [0.25, 0.3) is 0 Å². The molecule has 0 bridgehead atoms. The number of aromatic nitrogens is 1. The molecular formula is C14H19BrN4S2. The lowest BCUT2D eigenvalue weighted by Gasteiger charge is -2.10. The number of halogens is 1. The third-order valence-corrected chi connectivity index (χ3v) is 5.70. The summed E-state index contributed by atoms with van der Waals surface area (Å²) in [5, 5.41) is 7.72. The zero-order chi connectivity index (χ0) is 15.1. The molecule has 0 radical (unpaired) electrons. The van der Waals surface area contributed by atoms with Crippen LogP contribution in [-0.4, -0.2) is 24.5 Å². The van der Waals surface area contributed by atoms with Crippen LogP contribution >= 0.6 is 38.6 Å². The zero-order valence-electron chi connectivity index (χ0n) is 12.1. The van der Waals surface area contributed by atoms with E-state index in [1.807, 2.05) is 6.20 Å². The molecule has 2 heterocycles. The third-order valence-electron chi connectivity index (χ3n) is 2.87. The fraction of sp³-hybridized carbons (Fsp3) is 0.429. The van der Waals surface area contributed by atoms with Crippen LogP contribution in [0.15, 0.2) is 27.1 Å². The summed E-state index contributed by atoms with van der Waals surface area (Å²) in [5.41, 5.74) is 0. The number of thiophene rings is 1. The Labute approximate surface area is 141 Å². The van der Waals surface area contributed by atoms with E-state index in [0.717, 1.165) is 36.9 Å². The quantitative estimate of drug-likeness (QED) is 0.590. The number of nitrogens with one attached hydrogen (secondary N) is 2. The molecule has 0 amide bonds. The number of guanidine groups is 1. The van der Waals surface area contributed by atoms with Crippen molar-refractivity contribution in [1.29, 1.82) is 0 Å². The highest BCUT2D eigenvalue weighted by atomic mass is 79.9. The minimum absolute atomic E-state index is 0.717. The lowest BCUT2D eigenvalue weighted by Crippen LogP contribution is -2.37. The second-order valence-electron chi connectivity index (χ2n) is 4.38. The minimum Gasteiger partial charge on any atom is -0.356 e. The van der Waals surface area contributed by atoms with E-state index in [2.05, 4.69) is 55.6 Å². The summed E-state index contributed by atoms with van der Waals surface area (Å²) in [6, 6.07) is 4.23. The lowest BCUT2D eigenvalue weighted by atomic mass is 10.3. The van der Waals surface area contributed by atoms with Gasteiger partial charge in [0.15, 0.2) is 5.96 Å². The Morgan fingerprint density at radius 1 is 1.29 bits per heavy atom. The molecule has 0 aromatic carbocycles. The van der Waals surface area contributed by atoms with Gasteiger partial charge in [-0.25, -0.2) is 4.98 Å². The smallest absolute Gasteiger partial charge is 0.191 e. The van der Waals surface area contributed by atoms with Gasteiger partial charge in [-0.15, -0.1) is 22.7 Å². The van der Waals surface area contributed by atoms with Gasteiger partial charge in [-0.3, -0.25) is 4.99 Å². The van der Waals surface area contributed by atoms with Crippen LogP contribution in [0.4, 0.5) is 0 Å². The molecule has 2 aromatic rings. The lowest BCUT2D eigenvalue weighted by molar-refractivity contribution is 0.796. The molecule has 0 aliphatic carbocycles. The van der Waals surface area contributed by atoms with Gasteiger partial charge in [-0.05, 0) is 40.9 Å². The van der Waals surface area contributed by atoms with Crippen molar-refractivity contribution in [3.05, 3.63) is 36.9 Å². The average Bonchev–Trinajstić information content (AvgIpc) is 3.11. The summed E-state index contributed by atoms with van der Waals surface area (Å²) in [5.74, 6) is 0.818. The molecule has 7 heteroatoms. The number of aryl methyl sites for hydroxylation is 1. The number of aliphatic imine (C=N–C) groups is 1. The molecule has 2 N–H and O–H groups in total. The molecule has 0 spiro atoms. The third kappa shape index (κ3) is 5.41. The summed E-state index contributed by atoms with van der Waals surface area (Å²) in [6.45, 7) is 3.73. The highest BCUT2D eigenvalue weighted by molar-refractivity contribution is 9.11. The number of rotatable bonds is 6. The Hall–Kier alpha value is -0.920. The largest absolute Gasteiger partial charge is 0.356 e. The van der Waals surface area contributed by atoms with Gasteiger partial charge in [-0.2, -0.15) is 0 Å². The molecule has 4 nitrogen and oxygen atoms in total. The summed E-state index contributed by atoms with van der Waals surface area (Å²) in [6.07, 6.45) is 3.99. The van der Waals surface area contributed by atoms with Crippen LogP contribution in [0.2, 0.25) is 0 Å². The van der Waals surface area contributed by atoms with Crippen molar-refractivity contribution in [1.82, 2.24) is 15.6 Å². The maximum Gasteiger partial charge on any atom is 0.191 e. The van der Waals surface area contributed by atoms with Crippen LogP contribution in [-0.2, 0) is 19.4 Å². The standard InChI is InChI=1S/C14H19BrN4S2/c1-3-10-8-18-13(21-10)9-19-14(16-2)17-7-6-11-4-5-12(15)20-11/h4-5,8H,3,6-7,9H2,1-2H3,(H2,16,17,19). The van der Waals surface area contributed by atoms with Crippen molar-refractivity contribution in [2.45, 2.75) is 26.3 Å². The van der Waals surface area contributed by atoms with E-state index in [1.165, 1.54) is 13.5 Å². The van der Waals surface area contributed by atoms with Crippen molar-refractivity contribution in [2.75, 3.05) is 13.6 Å². The van der Waals surface area contributed by atoms with Crippen molar-refractivity contribution in [3.8, 4) is 0 Å². The van der Waals surface area contributed by atoms with Crippen LogP contribution < -0.4 is 10.6 Å². The van der Waals surface area contributed by atoms with Gasteiger partial charge in [0.1, 0.15) is 5.01 Å². The van der Waals surface area contributed by atoms with E-state index in [9.17, 15) is 0 Å². The average molecular weight is 387 g/mol. The fourth-order valence-corrected chi connectivity index (χ4v) is 4.05. The number of hydrogen-bond acceptors (Lipinski definition) is 4. The normalized spacial score (nSPS) is 11.7. The van der Waals surface area contributed by atoms with Crippen molar-refractivity contribution in [2.24, 2.45) is 4.99 Å². The van der Waals surface area contributed by atoms with E-state index in [1.54, 1.807) is 29.7 Å². The van der Waals surface area contributed by atoms with Crippen LogP contribution in [0.3, 0.4) is 0 Å². The number of nitrogens with zero attached hydrogens (tertiary/aromatic N) is 2. The molecule has 0 fully saturated rings. The van der Waals surface area contributed by atoms with E-state index in [-0.39, 0.29) is 0 Å².